The van der Waals surface area contributed by atoms with E-state index in [0.717, 1.165) is 19.5 Å². The van der Waals surface area contributed by atoms with E-state index in [1.807, 2.05) is 0 Å². The molecule has 0 amide bonds. The lowest BCUT2D eigenvalue weighted by Crippen LogP contribution is -2.22. The molecular weight excluding hydrogens is 362 g/mol. The Balaban J connectivity index is 1.94. The van der Waals surface area contributed by atoms with Crippen LogP contribution in [0.1, 0.15) is 18.1 Å². The maximum atomic E-state index is 13.6. The van der Waals surface area contributed by atoms with Gasteiger partial charge in [-0.1, -0.05) is 34.8 Å². The fourth-order valence-electron chi connectivity index (χ4n) is 2.69. The summed E-state index contributed by atoms with van der Waals surface area (Å²) in [6.07, 6.45) is 3.32. The highest BCUT2D eigenvalue weighted by molar-refractivity contribution is 6.43. The largest absolute Gasteiger partial charge is 0.484 e. The second-order valence-corrected chi connectivity index (χ2v) is 6.65. The third kappa shape index (κ3) is 3.89. The zero-order valence-corrected chi connectivity index (χ0v) is 14.3. The number of hydrogen-bond acceptors (Lipinski definition) is 3. The van der Waals surface area contributed by atoms with Gasteiger partial charge in [-0.15, -0.1) is 0 Å². The fourth-order valence-corrected chi connectivity index (χ4v) is 3.27. The molecule has 2 atom stereocenters. The normalized spacial score (nSPS) is 18.9. The minimum Gasteiger partial charge on any atom is -0.484 e. The van der Waals surface area contributed by atoms with Crippen molar-refractivity contribution in [2.45, 2.75) is 12.5 Å². The highest BCUT2D eigenvalue weighted by atomic mass is 35.5. The van der Waals surface area contributed by atoms with E-state index in [9.17, 15) is 4.39 Å². The lowest BCUT2D eigenvalue weighted by molar-refractivity contribution is 0.144. The Morgan fingerprint density at radius 1 is 1.13 bits per heavy atom. The van der Waals surface area contributed by atoms with Crippen molar-refractivity contribution in [1.82, 2.24) is 10.3 Å². The first kappa shape index (κ1) is 16.8. The molecule has 2 heterocycles. The van der Waals surface area contributed by atoms with Crippen molar-refractivity contribution in [3.63, 3.8) is 0 Å². The molecule has 1 N–H and O–H groups in total. The molecule has 3 nitrogen and oxygen atoms in total. The van der Waals surface area contributed by atoms with Crippen LogP contribution < -0.4 is 10.1 Å². The highest BCUT2D eigenvalue weighted by Crippen LogP contribution is 2.39. The van der Waals surface area contributed by atoms with E-state index in [1.165, 1.54) is 18.3 Å². The summed E-state index contributed by atoms with van der Waals surface area (Å²) in [5.74, 6) is 0.202. The number of rotatable bonds is 4. The summed E-state index contributed by atoms with van der Waals surface area (Å²) in [4.78, 5) is 3.92. The molecular formula is C16H14Cl3FN2O. The molecule has 1 saturated heterocycles. The van der Waals surface area contributed by atoms with Gasteiger partial charge in [-0.3, -0.25) is 4.98 Å². The van der Waals surface area contributed by atoms with Crippen molar-refractivity contribution in [2.24, 2.45) is 5.92 Å². The first-order valence-electron chi connectivity index (χ1n) is 7.17. The van der Waals surface area contributed by atoms with E-state index in [1.54, 1.807) is 12.3 Å². The van der Waals surface area contributed by atoms with Gasteiger partial charge in [0.05, 0.1) is 21.3 Å². The van der Waals surface area contributed by atoms with Crippen LogP contribution in [0.4, 0.5) is 4.39 Å². The van der Waals surface area contributed by atoms with Crippen LogP contribution in [0.25, 0.3) is 0 Å². The van der Waals surface area contributed by atoms with E-state index >= 15 is 0 Å². The Labute approximate surface area is 148 Å². The van der Waals surface area contributed by atoms with Crippen LogP contribution in [-0.2, 0) is 0 Å². The molecule has 1 aliphatic rings. The minimum absolute atomic E-state index is 0.184. The van der Waals surface area contributed by atoms with Crippen molar-refractivity contribution in [1.29, 1.82) is 0 Å². The minimum atomic E-state index is -0.401. The summed E-state index contributed by atoms with van der Waals surface area (Å²) in [7, 11) is 0. The van der Waals surface area contributed by atoms with Gasteiger partial charge in [0.25, 0.3) is 0 Å². The van der Waals surface area contributed by atoms with E-state index in [2.05, 4.69) is 10.3 Å². The summed E-state index contributed by atoms with van der Waals surface area (Å²) in [5, 5.41) is 4.36. The monoisotopic (exact) mass is 374 g/mol. The van der Waals surface area contributed by atoms with Gasteiger partial charge in [0.15, 0.2) is 0 Å². The Morgan fingerprint density at radius 3 is 2.61 bits per heavy atom. The molecule has 0 bridgehead atoms. The van der Waals surface area contributed by atoms with Crippen LogP contribution in [0.15, 0.2) is 30.6 Å². The number of hydrogen-bond donors (Lipinski definition) is 1. The number of nitrogens with one attached hydrogen (secondary N) is 1. The number of ether oxygens (including phenoxy) is 1. The molecule has 0 radical (unpaired) electrons. The topological polar surface area (TPSA) is 34.1 Å². The van der Waals surface area contributed by atoms with Gasteiger partial charge in [-0.2, -0.15) is 0 Å². The van der Waals surface area contributed by atoms with Crippen LogP contribution in [0.2, 0.25) is 15.1 Å². The van der Waals surface area contributed by atoms with Crippen LogP contribution in [0.3, 0.4) is 0 Å². The highest BCUT2D eigenvalue weighted by Gasteiger charge is 2.29. The number of benzene rings is 1. The average Bonchev–Trinajstić information content (AvgIpc) is 3.03. The SMILES string of the molecule is Fc1cncc(C(Oc2cc(Cl)c(Cl)cc2Cl)[C@@H]2CCNC2)c1. The van der Waals surface area contributed by atoms with E-state index in [4.69, 9.17) is 39.5 Å². The Kier molecular flexibility index (Phi) is 5.27. The molecule has 0 aliphatic carbocycles. The zero-order chi connectivity index (χ0) is 16.4. The molecule has 2 aromatic rings. The van der Waals surface area contributed by atoms with Crippen molar-refractivity contribution >= 4 is 34.8 Å². The van der Waals surface area contributed by atoms with Gasteiger partial charge in [0.1, 0.15) is 17.7 Å². The summed E-state index contributed by atoms with van der Waals surface area (Å²) < 4.78 is 19.6. The van der Waals surface area contributed by atoms with Gasteiger partial charge in [-0.05, 0) is 25.1 Å². The first-order valence-corrected chi connectivity index (χ1v) is 8.30. The van der Waals surface area contributed by atoms with Crippen molar-refractivity contribution in [3.05, 3.63) is 57.0 Å². The second kappa shape index (κ2) is 7.22. The number of nitrogens with zero attached hydrogens (tertiary/aromatic N) is 1. The van der Waals surface area contributed by atoms with E-state index in [-0.39, 0.29) is 12.0 Å². The van der Waals surface area contributed by atoms with Crippen molar-refractivity contribution < 1.29 is 9.13 Å². The molecule has 1 aromatic carbocycles. The van der Waals surface area contributed by atoms with Gasteiger partial charge in [-0.25, -0.2) is 4.39 Å². The first-order chi connectivity index (χ1) is 11.0. The second-order valence-electron chi connectivity index (χ2n) is 5.42. The summed E-state index contributed by atoms with van der Waals surface area (Å²) in [6.45, 7) is 1.67. The van der Waals surface area contributed by atoms with Crippen LogP contribution in [0, 0.1) is 11.7 Å². The zero-order valence-electron chi connectivity index (χ0n) is 12.0. The quantitative estimate of drug-likeness (QED) is 0.771. The van der Waals surface area contributed by atoms with Crippen LogP contribution in [-0.4, -0.2) is 18.1 Å². The fraction of sp³-hybridized carbons (Fsp3) is 0.312. The smallest absolute Gasteiger partial charge is 0.141 e. The molecule has 1 fully saturated rings. The Hall–Kier alpha value is -1.07. The molecule has 3 rings (SSSR count). The predicted octanol–water partition coefficient (Wildman–Crippen LogP) is 4.91. The summed E-state index contributed by atoms with van der Waals surface area (Å²) >= 11 is 18.2. The molecule has 23 heavy (non-hydrogen) atoms. The van der Waals surface area contributed by atoms with Crippen LogP contribution >= 0.6 is 34.8 Å². The molecule has 1 aliphatic heterocycles. The molecule has 122 valence electrons. The van der Waals surface area contributed by atoms with Crippen LogP contribution in [0.5, 0.6) is 5.75 Å². The lowest BCUT2D eigenvalue weighted by Gasteiger charge is -2.25. The molecule has 0 spiro atoms. The van der Waals surface area contributed by atoms with Gasteiger partial charge >= 0.3 is 0 Å². The van der Waals surface area contributed by atoms with Gasteiger partial charge < -0.3 is 10.1 Å². The maximum absolute atomic E-state index is 13.6. The Bertz CT molecular complexity index is 708. The van der Waals surface area contributed by atoms with Crippen molar-refractivity contribution in [3.8, 4) is 5.75 Å². The van der Waals surface area contributed by atoms with E-state index < -0.39 is 5.82 Å². The van der Waals surface area contributed by atoms with Gasteiger partial charge in [0, 0.05) is 30.3 Å². The number of halogens is 4. The third-order valence-corrected chi connectivity index (χ3v) is 4.83. The summed E-state index contributed by atoms with van der Waals surface area (Å²) in [5.41, 5.74) is 0.667. The number of aromatic nitrogens is 1. The van der Waals surface area contributed by atoms with Gasteiger partial charge in [0.2, 0.25) is 0 Å². The molecule has 7 heteroatoms. The summed E-state index contributed by atoms with van der Waals surface area (Å²) in [6, 6.07) is 4.55. The number of pyridine rings is 1. The standard InChI is InChI=1S/C16H14Cl3FN2O/c17-12-4-14(19)15(5-13(12)18)23-16(9-1-2-21-6-9)10-3-11(20)8-22-7-10/h3-5,7-9,16,21H,1-2,6H2/t9-,16?/m1/s1. The average molecular weight is 376 g/mol. The van der Waals surface area contributed by atoms with E-state index in [0.29, 0.717) is 26.4 Å². The molecule has 1 aromatic heterocycles. The maximum Gasteiger partial charge on any atom is 0.141 e. The molecule has 0 saturated carbocycles. The predicted molar refractivity (Wildman–Crippen MR) is 90.0 cm³/mol. The molecule has 1 unspecified atom stereocenters. The van der Waals surface area contributed by atoms with Crippen molar-refractivity contribution in [2.75, 3.05) is 13.1 Å². The third-order valence-electron chi connectivity index (χ3n) is 3.81. The lowest BCUT2D eigenvalue weighted by atomic mass is 9.96. The Morgan fingerprint density at radius 2 is 1.91 bits per heavy atom.